The van der Waals surface area contributed by atoms with Crippen LogP contribution in [-0.4, -0.2) is 33.5 Å². The van der Waals surface area contributed by atoms with Gasteiger partial charge in [-0.2, -0.15) is 0 Å². The largest absolute Gasteiger partial charge is 0.481 e. The van der Waals surface area contributed by atoms with Gasteiger partial charge in [-0.05, 0) is 30.2 Å². The first-order valence-electron chi connectivity index (χ1n) is 10.4. The molecule has 0 saturated heterocycles. The van der Waals surface area contributed by atoms with Gasteiger partial charge in [-0.15, -0.1) is 11.8 Å². The smallest absolute Gasteiger partial charge is 0.303 e. The second-order valence-electron chi connectivity index (χ2n) is 7.98. The summed E-state index contributed by atoms with van der Waals surface area (Å²) in [4.78, 5) is 10.5. The summed E-state index contributed by atoms with van der Waals surface area (Å²) in [5.41, 5.74) is 1.27. The van der Waals surface area contributed by atoms with Gasteiger partial charge >= 0.3 is 5.97 Å². The Morgan fingerprint density at radius 1 is 1.07 bits per heavy atom. The van der Waals surface area contributed by atoms with Gasteiger partial charge in [-0.25, -0.2) is 0 Å². The van der Waals surface area contributed by atoms with Gasteiger partial charge < -0.3 is 15.3 Å². The molecule has 0 spiro atoms. The van der Waals surface area contributed by atoms with E-state index in [1.807, 2.05) is 30.4 Å². The van der Waals surface area contributed by atoms with Crippen LogP contribution < -0.4 is 0 Å². The molecule has 2 atom stereocenters. The van der Waals surface area contributed by atoms with E-state index in [0.29, 0.717) is 6.42 Å². The molecule has 1 aromatic carbocycles. The lowest BCUT2D eigenvalue weighted by atomic mass is 9.89. The van der Waals surface area contributed by atoms with Crippen LogP contribution in [0.25, 0.3) is 0 Å². The maximum Gasteiger partial charge on any atom is 0.303 e. The van der Waals surface area contributed by atoms with E-state index in [4.69, 9.17) is 5.11 Å². The van der Waals surface area contributed by atoms with Crippen LogP contribution in [0.15, 0.2) is 66.8 Å². The standard InChI is InChI=1S/C26H34O4/c1-26(2,21-12-6-9-16-22-14-7-5-8-15-22)20-11-4-3-10-17-23(27)24(28)18-13-19-25(29)30/h3-5,7-8,10-11,14-15,17,20,23-24,27-28H,9,13,16,18-19,21H2,1-2H3,(H,29,30)/t23-,24+/m1/s1. The fourth-order valence-electron chi connectivity index (χ4n) is 2.67. The molecule has 30 heavy (non-hydrogen) atoms. The fraction of sp³-hybridized carbons (Fsp3) is 0.423. The van der Waals surface area contributed by atoms with Crippen LogP contribution in [0.1, 0.15) is 51.5 Å². The first-order valence-corrected chi connectivity index (χ1v) is 10.4. The average molecular weight is 411 g/mol. The summed E-state index contributed by atoms with van der Waals surface area (Å²) in [5.74, 6) is 5.61. The molecule has 162 valence electrons. The van der Waals surface area contributed by atoms with Crippen LogP contribution >= 0.6 is 0 Å². The third kappa shape index (κ3) is 12.8. The van der Waals surface area contributed by atoms with Gasteiger partial charge in [0.15, 0.2) is 0 Å². The van der Waals surface area contributed by atoms with Crippen LogP contribution in [0.2, 0.25) is 0 Å². The van der Waals surface area contributed by atoms with E-state index in [1.165, 1.54) is 11.6 Å². The van der Waals surface area contributed by atoms with Crippen LogP contribution in [-0.2, 0) is 11.2 Å². The number of aliphatic hydroxyl groups is 2. The summed E-state index contributed by atoms with van der Waals surface area (Å²) in [6.45, 7) is 4.27. The normalized spacial score (nSPS) is 14.1. The molecule has 4 heteroatoms. The van der Waals surface area contributed by atoms with E-state index < -0.39 is 18.2 Å². The van der Waals surface area contributed by atoms with Crippen molar-refractivity contribution in [1.29, 1.82) is 0 Å². The van der Waals surface area contributed by atoms with Crippen molar-refractivity contribution in [2.45, 2.75) is 64.6 Å². The zero-order chi connectivity index (χ0) is 22.2. The molecule has 0 heterocycles. The Bertz CT molecular complexity index is 763. The Morgan fingerprint density at radius 2 is 1.77 bits per heavy atom. The van der Waals surface area contributed by atoms with E-state index in [2.05, 4.69) is 43.9 Å². The Balaban J connectivity index is 2.31. The van der Waals surface area contributed by atoms with Crippen molar-refractivity contribution >= 4 is 5.97 Å². The summed E-state index contributed by atoms with van der Waals surface area (Å²) in [7, 11) is 0. The Labute approximate surface area is 180 Å². The van der Waals surface area contributed by atoms with Crippen molar-refractivity contribution in [3.8, 4) is 11.8 Å². The highest BCUT2D eigenvalue weighted by atomic mass is 16.4. The lowest BCUT2D eigenvalue weighted by molar-refractivity contribution is -0.137. The van der Waals surface area contributed by atoms with Crippen LogP contribution in [0.5, 0.6) is 0 Å². The third-order valence-electron chi connectivity index (χ3n) is 4.52. The van der Waals surface area contributed by atoms with Gasteiger partial charge in [-0.1, -0.05) is 80.6 Å². The second-order valence-corrected chi connectivity index (χ2v) is 7.98. The number of hydrogen-bond donors (Lipinski definition) is 3. The summed E-state index contributed by atoms with van der Waals surface area (Å²) < 4.78 is 0. The number of benzene rings is 1. The van der Waals surface area contributed by atoms with Gasteiger partial charge in [0, 0.05) is 19.3 Å². The summed E-state index contributed by atoms with van der Waals surface area (Å²) in [6.07, 6.45) is 12.1. The highest BCUT2D eigenvalue weighted by Gasteiger charge is 2.13. The van der Waals surface area contributed by atoms with Crippen LogP contribution in [0, 0.1) is 17.3 Å². The molecule has 0 saturated carbocycles. The van der Waals surface area contributed by atoms with Gasteiger partial charge in [-0.3, -0.25) is 4.79 Å². The number of aliphatic carboxylic acids is 1. The van der Waals surface area contributed by atoms with E-state index in [0.717, 1.165) is 19.3 Å². The number of rotatable bonds is 12. The van der Waals surface area contributed by atoms with Crippen molar-refractivity contribution < 1.29 is 20.1 Å². The molecule has 3 N–H and O–H groups in total. The Hall–Kier alpha value is -2.61. The molecule has 1 rings (SSSR count). The van der Waals surface area contributed by atoms with Crippen LogP contribution in [0.4, 0.5) is 0 Å². The second kappa shape index (κ2) is 14.4. The third-order valence-corrected chi connectivity index (χ3v) is 4.52. The molecule has 0 aliphatic heterocycles. The molecule has 0 aliphatic carbocycles. The first kappa shape index (κ1) is 25.4. The van der Waals surface area contributed by atoms with Gasteiger partial charge in [0.05, 0.1) is 12.2 Å². The highest BCUT2D eigenvalue weighted by molar-refractivity contribution is 5.66. The highest BCUT2D eigenvalue weighted by Crippen LogP contribution is 2.21. The van der Waals surface area contributed by atoms with E-state index in [9.17, 15) is 15.0 Å². The van der Waals surface area contributed by atoms with E-state index in [-0.39, 0.29) is 18.3 Å². The maximum atomic E-state index is 10.5. The molecule has 0 aromatic heterocycles. The first-order chi connectivity index (χ1) is 14.3. The molecule has 0 aliphatic rings. The molecular formula is C26H34O4. The number of carboxylic acids is 1. The zero-order valence-corrected chi connectivity index (χ0v) is 18.0. The SMILES string of the molecule is CC(C)(C=CC=CC=C[C@@H](O)[C@@H](O)CCCC(=O)O)CC#CCCc1ccccc1. The minimum Gasteiger partial charge on any atom is -0.481 e. The maximum absolute atomic E-state index is 10.5. The van der Waals surface area contributed by atoms with Crippen molar-refractivity contribution in [2.75, 3.05) is 0 Å². The van der Waals surface area contributed by atoms with E-state index in [1.54, 1.807) is 12.2 Å². The predicted molar refractivity (Wildman–Crippen MR) is 122 cm³/mol. The number of aryl methyl sites for hydroxylation is 1. The minimum absolute atomic E-state index is 0.00855. The molecule has 0 radical (unpaired) electrons. The number of hydrogen-bond acceptors (Lipinski definition) is 3. The number of allylic oxidation sites excluding steroid dienone is 5. The number of carbonyl (C=O) groups is 1. The fourth-order valence-corrected chi connectivity index (χ4v) is 2.67. The number of aliphatic hydroxyl groups excluding tert-OH is 2. The average Bonchev–Trinajstić information content (AvgIpc) is 2.70. The van der Waals surface area contributed by atoms with Crippen molar-refractivity contribution in [2.24, 2.45) is 5.41 Å². The predicted octanol–water partition coefficient (Wildman–Crippen LogP) is 4.68. The van der Waals surface area contributed by atoms with Crippen molar-refractivity contribution in [3.63, 3.8) is 0 Å². The Morgan fingerprint density at radius 3 is 2.47 bits per heavy atom. The van der Waals surface area contributed by atoms with Gasteiger partial charge in [0.25, 0.3) is 0 Å². The molecule has 0 bridgehead atoms. The molecule has 1 aromatic rings. The lowest BCUT2D eigenvalue weighted by Gasteiger charge is -2.15. The topological polar surface area (TPSA) is 77.8 Å². The zero-order valence-electron chi connectivity index (χ0n) is 18.0. The van der Waals surface area contributed by atoms with E-state index >= 15 is 0 Å². The summed E-state index contributed by atoms with van der Waals surface area (Å²) >= 11 is 0. The lowest BCUT2D eigenvalue weighted by Crippen LogP contribution is -2.23. The van der Waals surface area contributed by atoms with Gasteiger partial charge in [0.1, 0.15) is 0 Å². The minimum atomic E-state index is -1.00. The monoisotopic (exact) mass is 410 g/mol. The van der Waals surface area contributed by atoms with Crippen LogP contribution in [0.3, 0.4) is 0 Å². The van der Waals surface area contributed by atoms with Crippen molar-refractivity contribution in [1.82, 2.24) is 0 Å². The molecule has 0 amide bonds. The molecular weight excluding hydrogens is 376 g/mol. The quantitative estimate of drug-likeness (QED) is 0.345. The molecule has 0 fully saturated rings. The number of carboxylic acid groups (broad SMARTS) is 1. The molecule has 4 nitrogen and oxygen atoms in total. The Kier molecular flexibility index (Phi) is 12.2. The van der Waals surface area contributed by atoms with Crippen molar-refractivity contribution in [3.05, 3.63) is 72.4 Å². The van der Waals surface area contributed by atoms with Gasteiger partial charge in [0.2, 0.25) is 0 Å². The summed E-state index contributed by atoms with van der Waals surface area (Å²) in [5, 5.41) is 28.2. The summed E-state index contributed by atoms with van der Waals surface area (Å²) in [6, 6.07) is 10.4. The molecule has 0 unspecified atom stereocenters.